The van der Waals surface area contributed by atoms with E-state index in [2.05, 4.69) is 26.4 Å². The van der Waals surface area contributed by atoms with Crippen molar-refractivity contribution in [2.24, 2.45) is 17.0 Å². The van der Waals surface area contributed by atoms with Gasteiger partial charge in [0.05, 0.1) is 11.3 Å². The number of hydrogen-bond donors (Lipinski definition) is 4. The van der Waals surface area contributed by atoms with Crippen molar-refractivity contribution in [1.29, 1.82) is 0 Å². The van der Waals surface area contributed by atoms with Crippen molar-refractivity contribution in [2.45, 2.75) is 6.04 Å². The fourth-order valence-electron chi connectivity index (χ4n) is 4.78. The van der Waals surface area contributed by atoms with Crippen LogP contribution in [0.4, 0.5) is 11.4 Å². The van der Waals surface area contributed by atoms with Gasteiger partial charge in [0.2, 0.25) is 0 Å². The van der Waals surface area contributed by atoms with E-state index in [9.17, 15) is 9.59 Å². The Hall–Kier alpha value is -3.65. The van der Waals surface area contributed by atoms with Gasteiger partial charge in [0.15, 0.2) is 6.61 Å². The normalized spacial score (nSPS) is 28.5. The summed E-state index contributed by atoms with van der Waals surface area (Å²) in [4.78, 5) is 30.5. The number of carbonyl (C=O) groups is 2. The fourth-order valence-corrected chi connectivity index (χ4v) is 4.78. The van der Waals surface area contributed by atoms with E-state index in [0.717, 1.165) is 35.6 Å². The van der Waals surface area contributed by atoms with Crippen molar-refractivity contribution in [2.75, 3.05) is 30.3 Å². The van der Waals surface area contributed by atoms with E-state index in [4.69, 9.17) is 4.84 Å². The van der Waals surface area contributed by atoms with Crippen LogP contribution in [0, 0.1) is 11.8 Å². The molecular weight excluding hydrogens is 394 g/mol. The van der Waals surface area contributed by atoms with Gasteiger partial charge in [0.25, 0.3) is 11.8 Å². The standard InChI is InChI=1S/C23H21N5O3/c29-18(27-20-14-9-24-10-15(14)20)11-31-28-21-13-6-2-4-8-17(13)25-22(21)19-12-5-1-3-7-16(12)26-23(19)30/h1-8,14-15,20,24-25H,9-11H2,(H,26,30)(H,27,29)/b22-19-,28-21+/t14-,15+,20?. The third-order valence-corrected chi connectivity index (χ3v) is 6.37. The zero-order valence-electron chi connectivity index (χ0n) is 16.6. The highest BCUT2D eigenvalue weighted by Crippen LogP contribution is 2.41. The van der Waals surface area contributed by atoms with Crippen LogP contribution in [-0.4, -0.2) is 43.3 Å². The van der Waals surface area contributed by atoms with Crippen molar-refractivity contribution in [1.82, 2.24) is 10.6 Å². The van der Waals surface area contributed by atoms with Crippen LogP contribution in [0.1, 0.15) is 11.1 Å². The molecule has 156 valence electrons. The molecule has 2 aromatic carbocycles. The molecule has 2 amide bonds. The molecule has 1 saturated heterocycles. The van der Waals surface area contributed by atoms with Crippen molar-refractivity contribution in [3.8, 4) is 0 Å². The molecule has 3 atom stereocenters. The molecule has 31 heavy (non-hydrogen) atoms. The van der Waals surface area contributed by atoms with Crippen LogP contribution in [0.25, 0.3) is 5.57 Å². The lowest BCUT2D eigenvalue weighted by atomic mass is 10.0. The summed E-state index contributed by atoms with van der Waals surface area (Å²) >= 11 is 0. The Morgan fingerprint density at radius 2 is 1.68 bits per heavy atom. The van der Waals surface area contributed by atoms with Gasteiger partial charge in [-0.3, -0.25) is 9.59 Å². The Kier molecular flexibility index (Phi) is 4.07. The smallest absolute Gasteiger partial charge is 0.261 e. The number of para-hydroxylation sites is 2. The van der Waals surface area contributed by atoms with E-state index in [1.807, 2.05) is 48.5 Å². The Bertz CT molecular complexity index is 1160. The molecule has 1 saturated carbocycles. The molecule has 2 aromatic rings. The van der Waals surface area contributed by atoms with Gasteiger partial charge in [-0.1, -0.05) is 41.6 Å². The third kappa shape index (κ3) is 2.98. The van der Waals surface area contributed by atoms with Crippen LogP contribution in [0.5, 0.6) is 0 Å². The van der Waals surface area contributed by atoms with Crippen LogP contribution in [0.3, 0.4) is 0 Å². The van der Waals surface area contributed by atoms with Gasteiger partial charge in [-0.15, -0.1) is 0 Å². The monoisotopic (exact) mass is 415 g/mol. The molecular formula is C23H21N5O3. The molecule has 2 fully saturated rings. The first-order valence-corrected chi connectivity index (χ1v) is 10.4. The van der Waals surface area contributed by atoms with Gasteiger partial charge < -0.3 is 26.1 Å². The highest BCUT2D eigenvalue weighted by molar-refractivity contribution is 6.39. The van der Waals surface area contributed by atoms with Crippen molar-refractivity contribution < 1.29 is 14.4 Å². The number of oxime groups is 1. The van der Waals surface area contributed by atoms with Gasteiger partial charge in [0, 0.05) is 41.6 Å². The molecule has 3 aliphatic heterocycles. The number of allylic oxidation sites excluding steroid dienone is 1. The maximum absolute atomic E-state index is 12.7. The largest absolute Gasteiger partial charge is 0.385 e. The summed E-state index contributed by atoms with van der Waals surface area (Å²) in [6.07, 6.45) is 0. The quantitative estimate of drug-likeness (QED) is 0.448. The average molecular weight is 415 g/mol. The summed E-state index contributed by atoms with van der Waals surface area (Å²) < 4.78 is 0. The number of fused-ring (bicyclic) bond motifs is 3. The van der Waals surface area contributed by atoms with E-state index in [0.29, 0.717) is 28.8 Å². The van der Waals surface area contributed by atoms with E-state index in [1.54, 1.807) is 0 Å². The second kappa shape index (κ2) is 6.95. The van der Waals surface area contributed by atoms with E-state index >= 15 is 0 Å². The topological polar surface area (TPSA) is 104 Å². The molecule has 4 N–H and O–H groups in total. The van der Waals surface area contributed by atoms with Gasteiger partial charge in [0.1, 0.15) is 5.71 Å². The number of nitrogens with zero attached hydrogens (tertiary/aromatic N) is 1. The summed E-state index contributed by atoms with van der Waals surface area (Å²) in [5.41, 5.74) is 4.83. The van der Waals surface area contributed by atoms with Crippen LogP contribution in [-0.2, 0) is 14.4 Å². The van der Waals surface area contributed by atoms with Crippen LogP contribution >= 0.6 is 0 Å². The van der Waals surface area contributed by atoms with Crippen molar-refractivity contribution >= 4 is 34.5 Å². The van der Waals surface area contributed by atoms with Crippen LogP contribution < -0.4 is 21.3 Å². The average Bonchev–Trinajstić information content (AvgIpc) is 3.15. The fraction of sp³-hybridized carbons (Fsp3) is 0.261. The third-order valence-electron chi connectivity index (χ3n) is 6.37. The number of piperidine rings is 1. The molecule has 8 heteroatoms. The second-order valence-electron chi connectivity index (χ2n) is 8.21. The zero-order valence-corrected chi connectivity index (χ0v) is 16.6. The lowest BCUT2D eigenvalue weighted by molar-refractivity contribution is -0.126. The van der Waals surface area contributed by atoms with Gasteiger partial charge in [-0.25, -0.2) is 0 Å². The summed E-state index contributed by atoms with van der Waals surface area (Å²) in [5, 5.41) is 16.8. The number of anilines is 2. The number of hydrogen-bond acceptors (Lipinski definition) is 6. The highest BCUT2D eigenvalue weighted by atomic mass is 16.6. The lowest BCUT2D eigenvalue weighted by Crippen LogP contribution is -2.34. The zero-order chi connectivity index (χ0) is 20.9. The Morgan fingerprint density at radius 3 is 2.45 bits per heavy atom. The molecule has 0 spiro atoms. The van der Waals surface area contributed by atoms with Gasteiger partial charge in [-0.05, 0) is 24.0 Å². The minimum Gasteiger partial charge on any atom is -0.385 e. The predicted molar refractivity (Wildman–Crippen MR) is 116 cm³/mol. The molecule has 0 bridgehead atoms. The minimum atomic E-state index is -0.198. The Balaban J connectivity index is 1.27. The molecule has 4 aliphatic rings. The van der Waals surface area contributed by atoms with E-state index < -0.39 is 0 Å². The molecule has 1 aliphatic carbocycles. The van der Waals surface area contributed by atoms with Gasteiger partial charge >= 0.3 is 0 Å². The second-order valence-corrected chi connectivity index (χ2v) is 8.21. The number of rotatable bonds is 4. The Morgan fingerprint density at radius 1 is 1.00 bits per heavy atom. The molecule has 8 nitrogen and oxygen atoms in total. The molecule has 3 heterocycles. The predicted octanol–water partition coefficient (Wildman–Crippen LogP) is 1.53. The van der Waals surface area contributed by atoms with Crippen molar-refractivity contribution in [3.05, 3.63) is 65.4 Å². The maximum Gasteiger partial charge on any atom is 0.261 e. The van der Waals surface area contributed by atoms with E-state index in [-0.39, 0.29) is 24.5 Å². The molecule has 0 radical (unpaired) electrons. The van der Waals surface area contributed by atoms with Crippen molar-refractivity contribution in [3.63, 3.8) is 0 Å². The highest BCUT2D eigenvalue weighted by Gasteiger charge is 2.53. The summed E-state index contributed by atoms with van der Waals surface area (Å²) in [5.74, 6) is 0.703. The number of benzene rings is 2. The summed E-state index contributed by atoms with van der Waals surface area (Å²) in [7, 11) is 0. The number of nitrogens with one attached hydrogen (secondary N) is 4. The van der Waals surface area contributed by atoms with Crippen LogP contribution in [0.2, 0.25) is 0 Å². The summed E-state index contributed by atoms with van der Waals surface area (Å²) in [6.45, 7) is 1.75. The first-order chi connectivity index (χ1) is 15.2. The Labute approximate surface area is 178 Å². The number of carbonyl (C=O) groups excluding carboxylic acids is 2. The molecule has 0 aromatic heterocycles. The summed E-state index contributed by atoms with van der Waals surface area (Å²) in [6, 6.07) is 15.4. The molecule has 6 rings (SSSR count). The lowest BCUT2D eigenvalue weighted by Gasteiger charge is -2.08. The van der Waals surface area contributed by atoms with E-state index in [1.165, 1.54) is 0 Å². The minimum absolute atomic E-state index is 0.166. The SMILES string of the molecule is O=C(CO/N=C1/C(=C2/C(=O)Nc3ccccc32)Nc2ccccc21)NC1[C@H]2CNC[C@@H]12. The first-order valence-electron chi connectivity index (χ1n) is 10.4. The first kappa shape index (κ1) is 18.1. The van der Waals surface area contributed by atoms with Crippen LogP contribution in [0.15, 0.2) is 59.4 Å². The number of amides is 2. The van der Waals surface area contributed by atoms with Gasteiger partial charge in [-0.2, -0.15) is 0 Å². The molecule has 1 unspecified atom stereocenters. The maximum atomic E-state index is 12.7.